The highest BCUT2D eigenvalue weighted by Gasteiger charge is 2.43. The number of amides is 1. The van der Waals surface area contributed by atoms with Crippen LogP contribution in [0.15, 0.2) is 53.4 Å². The number of rotatable bonds is 8. The van der Waals surface area contributed by atoms with Crippen LogP contribution in [-0.2, 0) is 24.4 Å². The zero-order chi connectivity index (χ0) is 27.4. The first-order valence-corrected chi connectivity index (χ1v) is 14.2. The average molecular weight is 544 g/mol. The lowest BCUT2D eigenvalue weighted by molar-refractivity contribution is -0.140. The summed E-state index contributed by atoms with van der Waals surface area (Å²) in [4.78, 5) is 39.4. The maximum absolute atomic E-state index is 13.8. The quantitative estimate of drug-likeness (QED) is 0.383. The van der Waals surface area contributed by atoms with Gasteiger partial charge in [0.2, 0.25) is 15.9 Å². The molecule has 2 heterocycles. The van der Waals surface area contributed by atoms with Gasteiger partial charge in [0.15, 0.2) is 0 Å². The number of aryl methyl sites for hydroxylation is 1. The highest BCUT2D eigenvalue weighted by atomic mass is 32.2. The lowest BCUT2D eigenvalue weighted by Gasteiger charge is -2.32. The molecule has 2 aromatic rings. The minimum absolute atomic E-state index is 0.0838. The van der Waals surface area contributed by atoms with Gasteiger partial charge in [0.25, 0.3) is 0 Å². The molecule has 2 saturated heterocycles. The number of nitrogens with zero attached hydrogens (tertiary/aromatic N) is 2. The molecule has 0 radical (unpaired) electrons. The lowest BCUT2D eigenvalue weighted by atomic mass is 9.98. The van der Waals surface area contributed by atoms with Gasteiger partial charge in [0.1, 0.15) is 17.8 Å². The van der Waals surface area contributed by atoms with Gasteiger partial charge in [-0.2, -0.15) is 4.31 Å². The predicted octanol–water partition coefficient (Wildman–Crippen LogP) is 2.56. The summed E-state index contributed by atoms with van der Waals surface area (Å²) in [6, 6.07) is 10.1. The summed E-state index contributed by atoms with van der Waals surface area (Å²) >= 11 is 0. The molecule has 1 amide bonds. The van der Waals surface area contributed by atoms with Crippen LogP contribution in [-0.4, -0.2) is 67.4 Å². The average Bonchev–Trinajstić information content (AvgIpc) is 3.41. The number of hydrogen-bond acceptors (Lipinski definition) is 7. The van der Waals surface area contributed by atoms with Crippen LogP contribution in [0.3, 0.4) is 0 Å². The van der Waals surface area contributed by atoms with E-state index in [1.807, 2.05) is 6.92 Å². The van der Waals surface area contributed by atoms with Crippen LogP contribution >= 0.6 is 0 Å². The Balaban J connectivity index is 1.57. The maximum atomic E-state index is 13.8. The number of carbonyl (C=O) groups is 3. The third-order valence-corrected chi connectivity index (χ3v) is 9.03. The van der Waals surface area contributed by atoms with Crippen molar-refractivity contribution in [2.45, 2.75) is 56.5 Å². The standard InChI is InChI=1S/C27H33N3O7S/c1-18-5-11-23(12-6-18)38(35,36)29-17-3-4-24(29)25(31)30(19(2)26(32)33)21-7-9-22(10-8-21)37-27(34)20-13-15-28-16-14-20/h5-12,19-20,24,28H,3-4,13-17H2,1-2H3,(H,32,33)/t19-,24-/m0/s1. The first kappa shape index (κ1) is 27.7. The first-order chi connectivity index (χ1) is 18.1. The molecular formula is C27H33N3O7S. The van der Waals surface area contributed by atoms with Crippen LogP contribution < -0.4 is 15.0 Å². The second-order valence-corrected chi connectivity index (χ2v) is 11.6. The van der Waals surface area contributed by atoms with Gasteiger partial charge in [0, 0.05) is 12.2 Å². The fourth-order valence-electron chi connectivity index (χ4n) is 4.86. The molecule has 2 aromatic carbocycles. The third-order valence-electron chi connectivity index (χ3n) is 7.10. The van der Waals surface area contributed by atoms with E-state index in [4.69, 9.17) is 4.74 Å². The zero-order valence-electron chi connectivity index (χ0n) is 21.5. The first-order valence-electron chi connectivity index (χ1n) is 12.8. The Morgan fingerprint density at radius 1 is 1.03 bits per heavy atom. The van der Waals surface area contributed by atoms with Crippen LogP contribution in [0.25, 0.3) is 0 Å². The number of ether oxygens (including phenoxy) is 1. The smallest absolute Gasteiger partial charge is 0.326 e. The number of sulfonamides is 1. The van der Waals surface area contributed by atoms with Crippen molar-refractivity contribution in [3.63, 3.8) is 0 Å². The van der Waals surface area contributed by atoms with E-state index in [1.54, 1.807) is 12.1 Å². The molecule has 10 nitrogen and oxygen atoms in total. The predicted molar refractivity (Wildman–Crippen MR) is 140 cm³/mol. The van der Waals surface area contributed by atoms with Crippen molar-refractivity contribution < 1.29 is 32.6 Å². The largest absolute Gasteiger partial charge is 0.480 e. The van der Waals surface area contributed by atoms with E-state index in [9.17, 15) is 27.9 Å². The van der Waals surface area contributed by atoms with Gasteiger partial charge in [-0.15, -0.1) is 0 Å². The Hall–Kier alpha value is -3.28. The summed E-state index contributed by atoms with van der Waals surface area (Å²) in [5.74, 6) is -2.07. The number of nitrogens with one attached hydrogen (secondary N) is 1. The van der Waals surface area contributed by atoms with Gasteiger partial charge in [-0.25, -0.2) is 13.2 Å². The molecule has 11 heteroatoms. The summed E-state index contributed by atoms with van der Waals surface area (Å²) in [6.07, 6.45) is 2.14. The van der Waals surface area contributed by atoms with Crippen LogP contribution in [0.5, 0.6) is 5.75 Å². The summed E-state index contributed by atoms with van der Waals surface area (Å²) in [7, 11) is -3.97. The molecular weight excluding hydrogens is 510 g/mol. The summed E-state index contributed by atoms with van der Waals surface area (Å²) in [5.41, 5.74) is 1.18. The summed E-state index contributed by atoms with van der Waals surface area (Å²) < 4.78 is 33.4. The van der Waals surface area contributed by atoms with Crippen molar-refractivity contribution >= 4 is 33.6 Å². The fraction of sp³-hybridized carbons (Fsp3) is 0.444. The Kier molecular flexibility index (Phi) is 8.49. The fourth-order valence-corrected chi connectivity index (χ4v) is 6.52. The van der Waals surface area contributed by atoms with E-state index < -0.39 is 34.0 Å². The van der Waals surface area contributed by atoms with E-state index in [-0.39, 0.29) is 41.2 Å². The van der Waals surface area contributed by atoms with E-state index in [0.717, 1.165) is 27.9 Å². The number of carbonyl (C=O) groups excluding carboxylic acids is 2. The second kappa shape index (κ2) is 11.6. The minimum Gasteiger partial charge on any atom is -0.480 e. The van der Waals surface area contributed by atoms with Crippen molar-refractivity contribution in [2.75, 3.05) is 24.5 Å². The number of carboxylic acids is 1. The molecule has 2 aliphatic rings. The maximum Gasteiger partial charge on any atom is 0.326 e. The normalized spacial score (nSPS) is 19.6. The molecule has 4 rings (SSSR count). The number of aliphatic carboxylic acids is 1. The number of carboxylic acid groups (broad SMARTS) is 1. The number of anilines is 1. The van der Waals surface area contributed by atoms with E-state index in [2.05, 4.69) is 5.32 Å². The molecule has 2 fully saturated rings. The molecule has 2 atom stereocenters. The molecule has 0 unspecified atom stereocenters. The molecule has 0 spiro atoms. The van der Waals surface area contributed by atoms with Crippen molar-refractivity contribution in [1.29, 1.82) is 0 Å². The Morgan fingerprint density at radius 3 is 2.26 bits per heavy atom. The topological polar surface area (TPSA) is 133 Å². The number of benzene rings is 2. The monoisotopic (exact) mass is 543 g/mol. The number of hydrogen-bond donors (Lipinski definition) is 2. The summed E-state index contributed by atoms with van der Waals surface area (Å²) in [5, 5.41) is 12.9. The van der Waals surface area contributed by atoms with Crippen molar-refractivity contribution in [2.24, 2.45) is 5.92 Å². The molecule has 2 aliphatic heterocycles. The van der Waals surface area contributed by atoms with Gasteiger partial charge in [-0.1, -0.05) is 17.7 Å². The van der Waals surface area contributed by atoms with Gasteiger partial charge in [-0.3, -0.25) is 14.5 Å². The SMILES string of the molecule is Cc1ccc(S(=O)(=O)N2CCC[C@H]2C(=O)N(c2ccc(OC(=O)C3CCNCC3)cc2)[C@@H](C)C(=O)O)cc1. The van der Waals surface area contributed by atoms with E-state index >= 15 is 0 Å². The van der Waals surface area contributed by atoms with E-state index in [0.29, 0.717) is 19.3 Å². The Labute approximate surface area is 222 Å². The molecule has 0 bridgehead atoms. The summed E-state index contributed by atoms with van der Waals surface area (Å²) in [6.45, 7) is 4.89. The van der Waals surface area contributed by atoms with Crippen molar-refractivity contribution in [3.8, 4) is 5.75 Å². The highest BCUT2D eigenvalue weighted by Crippen LogP contribution is 2.31. The highest BCUT2D eigenvalue weighted by molar-refractivity contribution is 7.89. The van der Waals surface area contributed by atoms with Gasteiger partial charge < -0.3 is 15.2 Å². The van der Waals surface area contributed by atoms with Crippen molar-refractivity contribution in [3.05, 3.63) is 54.1 Å². The van der Waals surface area contributed by atoms with Gasteiger partial charge in [-0.05, 0) is 89.0 Å². The molecule has 0 aromatic heterocycles. The lowest BCUT2D eigenvalue weighted by Crippen LogP contribution is -2.52. The Bertz CT molecular complexity index is 1270. The molecule has 204 valence electrons. The Morgan fingerprint density at radius 2 is 1.66 bits per heavy atom. The van der Waals surface area contributed by atoms with Gasteiger partial charge in [0.05, 0.1) is 10.8 Å². The van der Waals surface area contributed by atoms with Crippen LogP contribution in [0.2, 0.25) is 0 Å². The number of piperidine rings is 1. The molecule has 0 saturated carbocycles. The van der Waals surface area contributed by atoms with Crippen molar-refractivity contribution in [1.82, 2.24) is 9.62 Å². The van der Waals surface area contributed by atoms with Crippen LogP contribution in [0.4, 0.5) is 5.69 Å². The van der Waals surface area contributed by atoms with E-state index in [1.165, 1.54) is 43.3 Å². The molecule has 38 heavy (non-hydrogen) atoms. The molecule has 2 N–H and O–H groups in total. The third kappa shape index (κ3) is 5.90. The molecule has 0 aliphatic carbocycles. The van der Waals surface area contributed by atoms with Gasteiger partial charge >= 0.3 is 11.9 Å². The number of esters is 1. The second-order valence-electron chi connectivity index (χ2n) is 9.75. The zero-order valence-corrected chi connectivity index (χ0v) is 22.3. The minimum atomic E-state index is -3.97. The van der Waals surface area contributed by atoms with Crippen LogP contribution in [0.1, 0.15) is 38.2 Å². The van der Waals surface area contributed by atoms with Crippen LogP contribution in [0, 0.1) is 12.8 Å².